The van der Waals surface area contributed by atoms with Crippen LogP contribution in [-0.2, 0) is 10.0 Å². The van der Waals surface area contributed by atoms with E-state index in [9.17, 15) is 13.2 Å². The zero-order valence-corrected chi connectivity index (χ0v) is 11.5. The Balaban J connectivity index is 2.35. The number of hydrogen-bond acceptors (Lipinski definition) is 5. The summed E-state index contributed by atoms with van der Waals surface area (Å²) in [6.07, 6.45) is 1.46. The van der Waals surface area contributed by atoms with Gasteiger partial charge >= 0.3 is 5.97 Å². The highest BCUT2D eigenvalue weighted by atomic mass is 32.2. The first-order chi connectivity index (χ1) is 8.90. The van der Waals surface area contributed by atoms with Crippen LogP contribution in [0.5, 0.6) is 0 Å². The van der Waals surface area contributed by atoms with Crippen LogP contribution in [0.3, 0.4) is 0 Å². The van der Waals surface area contributed by atoms with Crippen LogP contribution in [0, 0.1) is 6.92 Å². The van der Waals surface area contributed by atoms with E-state index in [2.05, 4.69) is 9.71 Å². The molecule has 0 saturated carbocycles. The van der Waals surface area contributed by atoms with Gasteiger partial charge in [-0.05, 0) is 30.7 Å². The number of sulfonamides is 1. The maximum Gasteiger partial charge on any atom is 0.346 e. The van der Waals surface area contributed by atoms with Crippen molar-refractivity contribution >= 4 is 33.1 Å². The minimum atomic E-state index is -3.81. The third kappa shape index (κ3) is 2.91. The largest absolute Gasteiger partial charge is 0.477 e. The lowest BCUT2D eigenvalue weighted by atomic mass is 10.3. The number of aromatic carboxylic acids is 1. The monoisotopic (exact) mass is 298 g/mol. The zero-order valence-electron chi connectivity index (χ0n) is 9.82. The number of pyridine rings is 1. The Morgan fingerprint density at radius 3 is 2.68 bits per heavy atom. The number of carboxylic acids is 1. The van der Waals surface area contributed by atoms with Crippen LogP contribution in [0.1, 0.15) is 15.2 Å². The highest BCUT2D eigenvalue weighted by Crippen LogP contribution is 2.27. The summed E-state index contributed by atoms with van der Waals surface area (Å²) in [4.78, 5) is 14.8. The number of anilines is 1. The number of carbonyl (C=O) groups is 1. The Morgan fingerprint density at radius 1 is 1.42 bits per heavy atom. The first-order valence-corrected chi connectivity index (χ1v) is 7.48. The smallest absolute Gasteiger partial charge is 0.346 e. The third-order valence-electron chi connectivity index (χ3n) is 2.26. The number of carboxylic acid groups (broad SMARTS) is 1. The number of nitrogens with zero attached hydrogens (tertiary/aromatic N) is 1. The molecule has 2 rings (SSSR count). The molecule has 0 radical (unpaired) electrons. The fourth-order valence-corrected chi connectivity index (χ4v) is 3.80. The Morgan fingerprint density at radius 2 is 2.16 bits per heavy atom. The van der Waals surface area contributed by atoms with Gasteiger partial charge in [0.1, 0.15) is 14.9 Å². The number of aryl methyl sites for hydroxylation is 1. The predicted octanol–water partition coefficient (Wildman–Crippen LogP) is 1.95. The van der Waals surface area contributed by atoms with Crippen molar-refractivity contribution < 1.29 is 18.3 Å². The third-order valence-corrected chi connectivity index (χ3v) is 5.31. The van der Waals surface area contributed by atoms with E-state index >= 15 is 0 Å². The van der Waals surface area contributed by atoms with Crippen molar-refractivity contribution in [2.75, 3.05) is 4.72 Å². The molecule has 2 N–H and O–H groups in total. The zero-order chi connectivity index (χ0) is 14.0. The molecule has 0 bridgehead atoms. The summed E-state index contributed by atoms with van der Waals surface area (Å²) in [5.41, 5.74) is 0.416. The first-order valence-electron chi connectivity index (χ1n) is 5.18. The summed E-state index contributed by atoms with van der Waals surface area (Å²) in [6.45, 7) is 1.56. The molecule has 19 heavy (non-hydrogen) atoms. The second-order valence-corrected chi connectivity index (χ2v) is 6.66. The topological polar surface area (TPSA) is 96.4 Å². The molecule has 2 heterocycles. The van der Waals surface area contributed by atoms with Crippen LogP contribution in [0.25, 0.3) is 0 Å². The fourth-order valence-electron chi connectivity index (χ4n) is 1.41. The molecule has 0 aliphatic carbocycles. The van der Waals surface area contributed by atoms with Gasteiger partial charge in [-0.15, -0.1) is 11.3 Å². The maximum absolute atomic E-state index is 12.1. The molecule has 0 aliphatic heterocycles. The second-order valence-electron chi connectivity index (χ2n) is 3.70. The van der Waals surface area contributed by atoms with Gasteiger partial charge in [0.05, 0.1) is 0 Å². The van der Waals surface area contributed by atoms with Gasteiger partial charge in [0.15, 0.2) is 0 Å². The van der Waals surface area contributed by atoms with Crippen molar-refractivity contribution in [3.05, 3.63) is 40.9 Å². The molecule has 8 heteroatoms. The molecule has 0 aromatic carbocycles. The van der Waals surface area contributed by atoms with Crippen LogP contribution in [0.15, 0.2) is 34.7 Å². The molecule has 0 unspecified atom stereocenters. The minimum Gasteiger partial charge on any atom is -0.477 e. The summed E-state index contributed by atoms with van der Waals surface area (Å²) in [5, 5.41) is 8.92. The summed E-state index contributed by atoms with van der Waals surface area (Å²) in [5.74, 6) is -0.952. The molecule has 0 atom stereocenters. The second kappa shape index (κ2) is 4.98. The normalized spacial score (nSPS) is 11.2. The van der Waals surface area contributed by atoms with Crippen LogP contribution >= 0.6 is 11.3 Å². The first kappa shape index (κ1) is 13.5. The molecule has 0 amide bonds. The molecule has 2 aromatic rings. The number of aromatic nitrogens is 1. The summed E-state index contributed by atoms with van der Waals surface area (Å²) < 4.78 is 26.4. The standard InChI is InChI=1S/C11H10N2O4S2/c1-7-6-9(18-10(7)11(14)15)19(16,17)13-8-4-2-3-5-12-8/h2-6H,1H3,(H,12,13)(H,14,15). The molecule has 0 fully saturated rings. The molecule has 0 spiro atoms. The van der Waals surface area contributed by atoms with Crippen LogP contribution in [0.2, 0.25) is 0 Å². The SMILES string of the molecule is Cc1cc(S(=O)(=O)Nc2ccccn2)sc1C(=O)O. The van der Waals surface area contributed by atoms with Crippen LogP contribution in [0.4, 0.5) is 5.82 Å². The summed E-state index contributed by atoms with van der Waals surface area (Å²) in [6, 6.07) is 6.15. The van der Waals surface area contributed by atoms with E-state index in [1.165, 1.54) is 18.3 Å². The van der Waals surface area contributed by atoms with Crippen molar-refractivity contribution in [3.8, 4) is 0 Å². The highest BCUT2D eigenvalue weighted by Gasteiger charge is 2.21. The van der Waals surface area contributed by atoms with Crippen molar-refractivity contribution in [2.45, 2.75) is 11.1 Å². The van der Waals surface area contributed by atoms with E-state index in [-0.39, 0.29) is 14.9 Å². The van der Waals surface area contributed by atoms with E-state index < -0.39 is 16.0 Å². The van der Waals surface area contributed by atoms with Gasteiger partial charge in [-0.25, -0.2) is 18.2 Å². The number of hydrogen-bond donors (Lipinski definition) is 2. The summed E-state index contributed by atoms with van der Waals surface area (Å²) >= 11 is 0.716. The van der Waals surface area contributed by atoms with E-state index in [1.807, 2.05) is 0 Å². The quantitative estimate of drug-likeness (QED) is 0.899. The molecule has 6 nitrogen and oxygen atoms in total. The lowest BCUT2D eigenvalue weighted by molar-refractivity contribution is 0.0701. The highest BCUT2D eigenvalue weighted by molar-refractivity contribution is 7.94. The molecule has 0 aliphatic rings. The van der Waals surface area contributed by atoms with Crippen LogP contribution < -0.4 is 4.72 Å². The Hall–Kier alpha value is -1.93. The van der Waals surface area contributed by atoms with Crippen LogP contribution in [-0.4, -0.2) is 24.5 Å². The van der Waals surface area contributed by atoms with Gasteiger partial charge in [-0.3, -0.25) is 4.72 Å². The Kier molecular flexibility index (Phi) is 3.54. The van der Waals surface area contributed by atoms with E-state index in [0.717, 1.165) is 0 Å². The van der Waals surface area contributed by atoms with E-state index in [1.54, 1.807) is 19.1 Å². The predicted molar refractivity (Wildman–Crippen MR) is 71.1 cm³/mol. The van der Waals surface area contributed by atoms with Crippen molar-refractivity contribution in [2.24, 2.45) is 0 Å². The van der Waals surface area contributed by atoms with E-state index in [4.69, 9.17) is 5.11 Å². The fraction of sp³-hybridized carbons (Fsp3) is 0.0909. The van der Waals surface area contributed by atoms with Crippen molar-refractivity contribution in [1.29, 1.82) is 0 Å². The molecular formula is C11H10N2O4S2. The Labute approximate surface area is 113 Å². The lowest BCUT2D eigenvalue weighted by Gasteiger charge is -2.04. The average Bonchev–Trinajstić information content (AvgIpc) is 2.73. The maximum atomic E-state index is 12.1. The van der Waals surface area contributed by atoms with Gasteiger partial charge in [0.25, 0.3) is 10.0 Å². The number of thiophene rings is 1. The lowest BCUT2D eigenvalue weighted by Crippen LogP contribution is -2.12. The van der Waals surface area contributed by atoms with Gasteiger partial charge in [0.2, 0.25) is 0 Å². The van der Waals surface area contributed by atoms with Crippen molar-refractivity contribution in [3.63, 3.8) is 0 Å². The van der Waals surface area contributed by atoms with Crippen molar-refractivity contribution in [1.82, 2.24) is 4.98 Å². The molecule has 0 saturated heterocycles. The molecular weight excluding hydrogens is 288 g/mol. The average molecular weight is 298 g/mol. The number of rotatable bonds is 4. The summed E-state index contributed by atoms with van der Waals surface area (Å²) in [7, 11) is -3.81. The van der Waals surface area contributed by atoms with E-state index in [0.29, 0.717) is 16.9 Å². The minimum absolute atomic E-state index is 0.0152. The number of nitrogens with one attached hydrogen (secondary N) is 1. The van der Waals surface area contributed by atoms with Gasteiger partial charge in [-0.1, -0.05) is 6.07 Å². The molecule has 100 valence electrons. The molecule has 2 aromatic heterocycles. The van der Waals surface area contributed by atoms with Gasteiger partial charge < -0.3 is 5.11 Å². The van der Waals surface area contributed by atoms with Gasteiger partial charge in [-0.2, -0.15) is 0 Å². The van der Waals surface area contributed by atoms with Gasteiger partial charge in [0, 0.05) is 6.20 Å². The Bertz CT molecular complexity index is 708.